The number of halogens is 3. The summed E-state index contributed by atoms with van der Waals surface area (Å²) in [5.41, 5.74) is 1.09. The van der Waals surface area contributed by atoms with E-state index in [0.29, 0.717) is 0 Å². The van der Waals surface area contributed by atoms with E-state index in [1.54, 1.807) is 11.8 Å². The summed E-state index contributed by atoms with van der Waals surface area (Å²) < 4.78 is 14.8. The Balaban J connectivity index is 2.07. The van der Waals surface area contributed by atoms with Gasteiger partial charge in [-0.25, -0.2) is 4.39 Å². The molecule has 88 valence electrons. The van der Waals surface area contributed by atoms with Crippen LogP contribution < -0.4 is 0 Å². The van der Waals surface area contributed by atoms with Gasteiger partial charge in [-0.3, -0.25) is 0 Å². The molecule has 0 aliphatic heterocycles. The van der Waals surface area contributed by atoms with Gasteiger partial charge >= 0.3 is 0 Å². The molecule has 0 saturated heterocycles. The number of hydrogen-bond acceptors (Lipinski definition) is 1. The minimum atomic E-state index is -0.215. The molecule has 0 heterocycles. The van der Waals surface area contributed by atoms with Gasteiger partial charge in [-0.15, -0.1) is 11.8 Å². The molecule has 0 nitrogen and oxygen atoms in total. The quantitative estimate of drug-likeness (QED) is 0.625. The Bertz CT molecular complexity index is 529. The largest absolute Gasteiger partial charge is 0.207 e. The molecule has 0 amide bonds. The van der Waals surface area contributed by atoms with Gasteiger partial charge in [-0.1, -0.05) is 44.0 Å². The zero-order chi connectivity index (χ0) is 12.3. The molecule has 2 aromatic carbocycles. The van der Waals surface area contributed by atoms with Crippen LogP contribution in [0.1, 0.15) is 5.56 Å². The summed E-state index contributed by atoms with van der Waals surface area (Å²) >= 11 is 8.54. The van der Waals surface area contributed by atoms with E-state index >= 15 is 0 Å². The van der Waals surface area contributed by atoms with Gasteiger partial charge in [0.1, 0.15) is 5.82 Å². The Labute approximate surface area is 121 Å². The molecule has 4 heteroatoms. The molecule has 0 aliphatic carbocycles. The molecule has 2 aromatic rings. The minimum absolute atomic E-state index is 0.215. The van der Waals surface area contributed by atoms with Gasteiger partial charge in [0.2, 0.25) is 0 Å². The highest BCUT2D eigenvalue weighted by molar-refractivity contribution is 9.10. The maximum Gasteiger partial charge on any atom is 0.124 e. The van der Waals surface area contributed by atoms with Gasteiger partial charge in [0, 0.05) is 19.6 Å². The van der Waals surface area contributed by atoms with E-state index in [0.717, 1.165) is 20.3 Å². The van der Waals surface area contributed by atoms with Crippen LogP contribution in [0.4, 0.5) is 4.39 Å². The normalized spacial score (nSPS) is 10.5. The van der Waals surface area contributed by atoms with Crippen LogP contribution in [0.25, 0.3) is 0 Å². The van der Waals surface area contributed by atoms with Crippen LogP contribution in [-0.2, 0) is 5.75 Å². The molecule has 0 aliphatic rings. The molecule has 17 heavy (non-hydrogen) atoms. The molecular weight excluding hydrogens is 367 g/mol. The van der Waals surface area contributed by atoms with Gasteiger partial charge < -0.3 is 0 Å². The smallest absolute Gasteiger partial charge is 0.124 e. The average Bonchev–Trinajstić information content (AvgIpc) is 2.28. The van der Waals surface area contributed by atoms with Crippen molar-refractivity contribution in [2.24, 2.45) is 0 Å². The van der Waals surface area contributed by atoms with Gasteiger partial charge in [-0.2, -0.15) is 0 Å². The lowest BCUT2D eigenvalue weighted by Crippen LogP contribution is -1.84. The van der Waals surface area contributed by atoms with Crippen LogP contribution in [0, 0.1) is 5.82 Å². The first kappa shape index (κ1) is 13.1. The van der Waals surface area contributed by atoms with E-state index in [1.165, 1.54) is 17.0 Å². The predicted molar refractivity (Wildman–Crippen MR) is 77.8 cm³/mol. The van der Waals surface area contributed by atoms with Crippen molar-refractivity contribution in [3.05, 3.63) is 62.8 Å². The summed E-state index contributed by atoms with van der Waals surface area (Å²) in [5.74, 6) is 0.602. The average molecular weight is 376 g/mol. The van der Waals surface area contributed by atoms with Crippen LogP contribution in [0.5, 0.6) is 0 Å². The van der Waals surface area contributed by atoms with Gasteiger partial charge in [0.25, 0.3) is 0 Å². The fourth-order valence-electron chi connectivity index (χ4n) is 1.36. The van der Waals surface area contributed by atoms with E-state index in [4.69, 9.17) is 0 Å². The molecule has 2 rings (SSSR count). The van der Waals surface area contributed by atoms with Gasteiger partial charge in [0.05, 0.1) is 0 Å². The van der Waals surface area contributed by atoms with E-state index in [-0.39, 0.29) is 5.82 Å². The minimum Gasteiger partial charge on any atom is -0.207 e. The highest BCUT2D eigenvalue weighted by Crippen LogP contribution is 2.28. The Morgan fingerprint density at radius 1 is 1.06 bits per heavy atom. The lowest BCUT2D eigenvalue weighted by atomic mass is 10.2. The third-order valence-corrected chi connectivity index (χ3v) is 4.48. The van der Waals surface area contributed by atoms with E-state index < -0.39 is 0 Å². The second kappa shape index (κ2) is 6.03. The molecule has 0 aromatic heterocycles. The maximum atomic E-state index is 12.9. The summed E-state index contributed by atoms with van der Waals surface area (Å²) in [6.45, 7) is 0. The highest BCUT2D eigenvalue weighted by Gasteiger charge is 2.03. The first-order chi connectivity index (χ1) is 8.15. The second-order valence-corrected chi connectivity index (χ2v) is 6.30. The summed E-state index contributed by atoms with van der Waals surface area (Å²) in [5, 5.41) is 0. The van der Waals surface area contributed by atoms with Crippen molar-refractivity contribution in [1.29, 1.82) is 0 Å². The van der Waals surface area contributed by atoms with Crippen LogP contribution in [0.2, 0.25) is 0 Å². The van der Waals surface area contributed by atoms with Crippen LogP contribution in [0.3, 0.4) is 0 Å². The molecule has 0 N–H and O–H groups in total. The Kier molecular flexibility index (Phi) is 4.65. The van der Waals surface area contributed by atoms with E-state index in [2.05, 4.69) is 44.0 Å². The number of hydrogen-bond donors (Lipinski definition) is 0. The Hall–Kier alpha value is -0.320. The maximum absolute atomic E-state index is 12.9. The van der Waals surface area contributed by atoms with E-state index in [1.807, 2.05) is 18.2 Å². The van der Waals surface area contributed by atoms with Crippen molar-refractivity contribution >= 4 is 43.6 Å². The summed E-state index contributed by atoms with van der Waals surface area (Å²) in [6.07, 6.45) is 0. The summed E-state index contributed by atoms with van der Waals surface area (Å²) in [4.78, 5) is 1.19. The Morgan fingerprint density at radius 3 is 2.59 bits per heavy atom. The molecule has 0 saturated carbocycles. The standard InChI is InChI=1S/C13H9Br2FS/c14-10-2-1-3-12(6-10)17-8-9-4-5-11(16)7-13(9)15/h1-7H,8H2. The van der Waals surface area contributed by atoms with Crippen LogP contribution >= 0.6 is 43.6 Å². The van der Waals surface area contributed by atoms with Crippen LogP contribution in [0.15, 0.2) is 56.3 Å². The summed E-state index contributed by atoms with van der Waals surface area (Å²) in [7, 11) is 0. The SMILES string of the molecule is Fc1ccc(CSc2cccc(Br)c2)c(Br)c1. The first-order valence-corrected chi connectivity index (χ1v) is 7.54. The monoisotopic (exact) mass is 374 g/mol. The number of thioether (sulfide) groups is 1. The third kappa shape index (κ3) is 3.83. The molecular formula is C13H9Br2FS. The fraction of sp³-hybridized carbons (Fsp3) is 0.0769. The molecule has 0 atom stereocenters. The van der Waals surface area contributed by atoms with Crippen LogP contribution in [-0.4, -0.2) is 0 Å². The van der Waals surface area contributed by atoms with Crippen molar-refractivity contribution in [2.45, 2.75) is 10.6 Å². The lowest BCUT2D eigenvalue weighted by Gasteiger charge is -2.05. The van der Waals surface area contributed by atoms with Gasteiger partial charge in [0.15, 0.2) is 0 Å². The summed E-state index contributed by atoms with van der Waals surface area (Å²) in [6, 6.07) is 12.9. The number of benzene rings is 2. The molecule has 0 spiro atoms. The molecule has 0 unspecified atom stereocenters. The second-order valence-electron chi connectivity index (χ2n) is 3.48. The third-order valence-electron chi connectivity index (χ3n) is 2.21. The highest BCUT2D eigenvalue weighted by atomic mass is 79.9. The van der Waals surface area contributed by atoms with Crippen molar-refractivity contribution in [2.75, 3.05) is 0 Å². The van der Waals surface area contributed by atoms with E-state index in [9.17, 15) is 4.39 Å². The van der Waals surface area contributed by atoms with Crippen molar-refractivity contribution in [3.8, 4) is 0 Å². The van der Waals surface area contributed by atoms with Crippen molar-refractivity contribution in [1.82, 2.24) is 0 Å². The zero-order valence-corrected chi connectivity index (χ0v) is 12.8. The topological polar surface area (TPSA) is 0 Å². The lowest BCUT2D eigenvalue weighted by molar-refractivity contribution is 0.626. The van der Waals surface area contributed by atoms with Crippen molar-refractivity contribution in [3.63, 3.8) is 0 Å². The van der Waals surface area contributed by atoms with Crippen molar-refractivity contribution < 1.29 is 4.39 Å². The fourth-order valence-corrected chi connectivity index (χ4v) is 3.54. The number of rotatable bonds is 3. The zero-order valence-electron chi connectivity index (χ0n) is 8.79. The first-order valence-electron chi connectivity index (χ1n) is 4.97. The predicted octanol–water partition coefficient (Wildman–Crippen LogP) is 5.64. The van der Waals surface area contributed by atoms with Gasteiger partial charge in [-0.05, 0) is 35.9 Å². The molecule has 0 radical (unpaired) electrons. The Morgan fingerprint density at radius 2 is 1.88 bits per heavy atom. The molecule has 0 fully saturated rings. The molecule has 0 bridgehead atoms.